The molecule has 0 bridgehead atoms. The molecular weight excluding hydrogens is 260 g/mol. The maximum atomic E-state index is 12.1. The molecule has 1 aliphatic heterocycles. The van der Waals surface area contributed by atoms with Crippen molar-refractivity contribution in [2.24, 2.45) is 0 Å². The lowest BCUT2D eigenvalue weighted by Gasteiger charge is -2.26. The van der Waals surface area contributed by atoms with E-state index in [0.29, 0.717) is 6.04 Å². The number of benzene rings is 1. The lowest BCUT2D eigenvalue weighted by molar-refractivity contribution is -0.123. The van der Waals surface area contributed by atoms with E-state index in [1.807, 2.05) is 0 Å². The van der Waals surface area contributed by atoms with Gasteiger partial charge in [-0.3, -0.25) is 4.79 Å². The van der Waals surface area contributed by atoms with E-state index in [9.17, 15) is 4.79 Å². The standard InChI is InChI=1S/C15H20N2O.ClH/c18-15(14-6-3-9-16-14)17-13-8-7-11-4-1-2-5-12(11)10-13;/h1-2,4-5,13-14,16H,3,6-10H2,(H,17,18);1H/t13?,14-;/m0./s1. The summed E-state index contributed by atoms with van der Waals surface area (Å²) in [5.74, 6) is 0.192. The molecule has 2 atom stereocenters. The third-order valence-electron chi connectivity index (χ3n) is 4.07. The largest absolute Gasteiger partial charge is 0.352 e. The van der Waals surface area contributed by atoms with Gasteiger partial charge in [-0.25, -0.2) is 0 Å². The van der Waals surface area contributed by atoms with E-state index < -0.39 is 0 Å². The average molecular weight is 281 g/mol. The van der Waals surface area contributed by atoms with Crippen molar-refractivity contribution < 1.29 is 4.79 Å². The lowest BCUT2D eigenvalue weighted by Crippen LogP contribution is -2.47. The highest BCUT2D eigenvalue weighted by Gasteiger charge is 2.25. The fraction of sp³-hybridized carbons (Fsp3) is 0.533. The van der Waals surface area contributed by atoms with Crippen molar-refractivity contribution >= 4 is 18.3 Å². The molecule has 1 aromatic carbocycles. The van der Waals surface area contributed by atoms with Gasteiger partial charge in [0.05, 0.1) is 6.04 Å². The van der Waals surface area contributed by atoms with Crippen LogP contribution in [0.3, 0.4) is 0 Å². The van der Waals surface area contributed by atoms with Crippen LogP contribution in [0.1, 0.15) is 30.4 Å². The predicted molar refractivity (Wildman–Crippen MR) is 78.7 cm³/mol. The number of nitrogens with one attached hydrogen (secondary N) is 2. The topological polar surface area (TPSA) is 41.1 Å². The third kappa shape index (κ3) is 3.28. The van der Waals surface area contributed by atoms with Crippen LogP contribution in [0, 0.1) is 0 Å². The first-order chi connectivity index (χ1) is 8.83. The molecule has 1 heterocycles. The van der Waals surface area contributed by atoms with Gasteiger partial charge in [-0.15, -0.1) is 12.4 Å². The Kier molecular flexibility index (Phi) is 4.83. The zero-order valence-electron chi connectivity index (χ0n) is 11.0. The molecule has 3 nitrogen and oxygen atoms in total. The molecule has 0 saturated carbocycles. The predicted octanol–water partition coefficient (Wildman–Crippen LogP) is 1.83. The number of carbonyl (C=O) groups excluding carboxylic acids is 1. The van der Waals surface area contributed by atoms with Crippen LogP contribution in [0.2, 0.25) is 0 Å². The van der Waals surface area contributed by atoms with Gasteiger partial charge in [0, 0.05) is 6.04 Å². The van der Waals surface area contributed by atoms with E-state index in [-0.39, 0.29) is 24.4 Å². The van der Waals surface area contributed by atoms with Crippen LogP contribution in [0.4, 0.5) is 0 Å². The summed E-state index contributed by atoms with van der Waals surface area (Å²) in [5.41, 5.74) is 2.84. The van der Waals surface area contributed by atoms with Crippen molar-refractivity contribution in [3.05, 3.63) is 35.4 Å². The minimum Gasteiger partial charge on any atom is -0.352 e. The van der Waals surface area contributed by atoms with Crippen molar-refractivity contribution in [1.82, 2.24) is 10.6 Å². The van der Waals surface area contributed by atoms with Crippen molar-refractivity contribution in [2.75, 3.05) is 6.54 Å². The molecule has 3 rings (SSSR count). The van der Waals surface area contributed by atoms with Gasteiger partial charge < -0.3 is 10.6 Å². The Morgan fingerprint density at radius 2 is 2.00 bits per heavy atom. The van der Waals surface area contributed by atoms with Crippen LogP contribution in [-0.4, -0.2) is 24.5 Å². The van der Waals surface area contributed by atoms with Crippen molar-refractivity contribution in [3.63, 3.8) is 0 Å². The molecule has 104 valence electrons. The fourth-order valence-corrected chi connectivity index (χ4v) is 3.03. The normalized spacial score (nSPS) is 25.3. The fourth-order valence-electron chi connectivity index (χ4n) is 3.03. The Hall–Kier alpha value is -1.06. The second kappa shape index (κ2) is 6.40. The molecule has 4 heteroatoms. The molecule has 19 heavy (non-hydrogen) atoms. The molecule has 2 aliphatic rings. The smallest absolute Gasteiger partial charge is 0.237 e. The monoisotopic (exact) mass is 280 g/mol. The zero-order chi connectivity index (χ0) is 12.4. The summed E-state index contributed by atoms with van der Waals surface area (Å²) in [6.07, 6.45) is 5.23. The maximum Gasteiger partial charge on any atom is 0.237 e. The second-order valence-corrected chi connectivity index (χ2v) is 5.37. The number of fused-ring (bicyclic) bond motifs is 1. The summed E-state index contributed by atoms with van der Waals surface area (Å²) < 4.78 is 0. The number of hydrogen-bond acceptors (Lipinski definition) is 2. The van der Waals surface area contributed by atoms with Crippen LogP contribution in [0.25, 0.3) is 0 Å². The minimum absolute atomic E-state index is 0. The van der Waals surface area contributed by atoms with Gasteiger partial charge in [0.15, 0.2) is 0 Å². The number of rotatable bonds is 2. The van der Waals surface area contributed by atoms with E-state index in [1.54, 1.807) is 0 Å². The average Bonchev–Trinajstić information content (AvgIpc) is 2.92. The molecule has 1 saturated heterocycles. The van der Waals surface area contributed by atoms with Gasteiger partial charge in [-0.2, -0.15) is 0 Å². The summed E-state index contributed by atoms with van der Waals surface area (Å²) in [7, 11) is 0. The van der Waals surface area contributed by atoms with Gasteiger partial charge in [-0.1, -0.05) is 24.3 Å². The van der Waals surface area contributed by atoms with Crippen LogP contribution in [-0.2, 0) is 17.6 Å². The molecule has 1 amide bonds. The van der Waals surface area contributed by atoms with Crippen molar-refractivity contribution in [1.29, 1.82) is 0 Å². The summed E-state index contributed by atoms with van der Waals surface area (Å²) in [6.45, 7) is 0.978. The first-order valence-electron chi connectivity index (χ1n) is 6.93. The zero-order valence-corrected chi connectivity index (χ0v) is 11.8. The quantitative estimate of drug-likeness (QED) is 0.868. The minimum atomic E-state index is 0. The number of aryl methyl sites for hydroxylation is 1. The molecule has 1 unspecified atom stereocenters. The van der Waals surface area contributed by atoms with Crippen LogP contribution in [0.15, 0.2) is 24.3 Å². The molecule has 0 spiro atoms. The van der Waals surface area contributed by atoms with Gasteiger partial charge in [0.1, 0.15) is 0 Å². The van der Waals surface area contributed by atoms with Gasteiger partial charge in [-0.05, 0) is 49.8 Å². The molecule has 1 aliphatic carbocycles. The Labute approximate surface area is 120 Å². The number of hydrogen-bond donors (Lipinski definition) is 2. The second-order valence-electron chi connectivity index (χ2n) is 5.37. The van der Waals surface area contributed by atoms with E-state index in [4.69, 9.17) is 0 Å². The maximum absolute atomic E-state index is 12.1. The summed E-state index contributed by atoms with van der Waals surface area (Å²) in [4.78, 5) is 12.1. The molecule has 0 radical (unpaired) electrons. The number of halogens is 1. The highest BCUT2D eigenvalue weighted by atomic mass is 35.5. The van der Waals surface area contributed by atoms with E-state index in [0.717, 1.165) is 38.6 Å². The first kappa shape index (κ1) is 14.4. The number of carbonyl (C=O) groups is 1. The molecule has 2 N–H and O–H groups in total. The van der Waals surface area contributed by atoms with Gasteiger partial charge in [0.2, 0.25) is 5.91 Å². The van der Waals surface area contributed by atoms with Crippen LogP contribution >= 0.6 is 12.4 Å². The molecule has 0 aromatic heterocycles. The van der Waals surface area contributed by atoms with E-state index >= 15 is 0 Å². The summed E-state index contributed by atoms with van der Waals surface area (Å²) in [5, 5.41) is 6.45. The SMILES string of the molecule is Cl.O=C(NC1CCc2ccccc2C1)[C@@H]1CCCN1. The van der Waals surface area contributed by atoms with Crippen LogP contribution in [0.5, 0.6) is 0 Å². The molecule has 1 fully saturated rings. The van der Waals surface area contributed by atoms with E-state index in [2.05, 4.69) is 34.9 Å². The molecule has 1 aromatic rings. The summed E-state index contributed by atoms with van der Waals surface area (Å²) >= 11 is 0. The molecular formula is C15H21ClN2O. The lowest BCUT2D eigenvalue weighted by atomic mass is 9.88. The third-order valence-corrected chi connectivity index (χ3v) is 4.07. The highest BCUT2D eigenvalue weighted by Crippen LogP contribution is 2.21. The Balaban J connectivity index is 0.00000133. The Bertz CT molecular complexity index is 444. The highest BCUT2D eigenvalue weighted by molar-refractivity contribution is 5.85. The first-order valence-corrected chi connectivity index (χ1v) is 6.93. The van der Waals surface area contributed by atoms with Gasteiger partial charge >= 0.3 is 0 Å². The van der Waals surface area contributed by atoms with Gasteiger partial charge in [0.25, 0.3) is 0 Å². The Morgan fingerprint density at radius 1 is 1.21 bits per heavy atom. The Morgan fingerprint density at radius 3 is 2.74 bits per heavy atom. The van der Waals surface area contributed by atoms with E-state index in [1.165, 1.54) is 11.1 Å². The van der Waals surface area contributed by atoms with Crippen LogP contribution < -0.4 is 10.6 Å². The van der Waals surface area contributed by atoms with Crippen molar-refractivity contribution in [2.45, 2.75) is 44.2 Å². The van der Waals surface area contributed by atoms with Crippen molar-refractivity contribution in [3.8, 4) is 0 Å². The number of amides is 1. The summed E-state index contributed by atoms with van der Waals surface area (Å²) in [6, 6.07) is 8.92.